The summed E-state index contributed by atoms with van der Waals surface area (Å²) in [6.07, 6.45) is 6.72. The number of unbranched alkanes of at least 4 members (excludes halogenated alkanes) is 4. The molecule has 47 heavy (non-hydrogen) atoms. The Bertz CT molecular complexity index is 1700. The zero-order valence-corrected chi connectivity index (χ0v) is 28.8. The predicted molar refractivity (Wildman–Crippen MR) is 185 cm³/mol. The van der Waals surface area contributed by atoms with Crippen molar-refractivity contribution in [3.05, 3.63) is 82.1 Å². The lowest BCUT2D eigenvalue weighted by Gasteiger charge is -2.23. The number of nitrogens with zero attached hydrogens (tertiary/aromatic N) is 2. The molecule has 0 saturated heterocycles. The van der Waals surface area contributed by atoms with Gasteiger partial charge in [-0.05, 0) is 45.7 Å². The Hall–Kier alpha value is -4.12. The molecule has 1 aromatic heterocycles. The number of ether oxygens (including phenoxy) is 4. The summed E-state index contributed by atoms with van der Waals surface area (Å²) in [5.41, 5.74) is 0.136. The van der Waals surface area contributed by atoms with Crippen LogP contribution in [0.15, 0.2) is 59.5 Å². The van der Waals surface area contributed by atoms with Gasteiger partial charge in [0.05, 0.1) is 43.5 Å². The van der Waals surface area contributed by atoms with Gasteiger partial charge in [-0.3, -0.25) is 9.59 Å². The van der Waals surface area contributed by atoms with Gasteiger partial charge in [0.25, 0.3) is 5.91 Å². The van der Waals surface area contributed by atoms with E-state index in [1.54, 1.807) is 41.8 Å². The molecule has 0 aliphatic carbocycles. The molecule has 0 spiro atoms. The largest absolute Gasteiger partial charge is 0.496 e. The van der Waals surface area contributed by atoms with E-state index in [-0.39, 0.29) is 28.9 Å². The van der Waals surface area contributed by atoms with Crippen LogP contribution >= 0.6 is 15.9 Å². The van der Waals surface area contributed by atoms with Crippen LogP contribution in [0.2, 0.25) is 0 Å². The maximum absolute atomic E-state index is 14.2. The summed E-state index contributed by atoms with van der Waals surface area (Å²) in [5, 5.41) is 1.14. The fourth-order valence-electron chi connectivity index (χ4n) is 5.39. The van der Waals surface area contributed by atoms with Crippen molar-refractivity contribution >= 4 is 38.4 Å². The highest BCUT2D eigenvalue weighted by atomic mass is 79.9. The molecule has 4 aromatic rings. The number of hydrogen-bond donors (Lipinski definition) is 0. The molecule has 252 valence electrons. The van der Waals surface area contributed by atoms with Crippen LogP contribution in [0.3, 0.4) is 0 Å². The van der Waals surface area contributed by atoms with Gasteiger partial charge in [-0.15, -0.1) is 0 Å². The van der Waals surface area contributed by atoms with Gasteiger partial charge in [0, 0.05) is 60.2 Å². The number of aromatic nitrogens is 1. The molecule has 0 saturated carbocycles. The van der Waals surface area contributed by atoms with Crippen LogP contribution < -0.4 is 29.3 Å². The first-order valence-corrected chi connectivity index (χ1v) is 17.0. The first-order chi connectivity index (χ1) is 22.7. The van der Waals surface area contributed by atoms with Crippen LogP contribution in [-0.2, 0) is 0 Å². The lowest BCUT2D eigenvalue weighted by Crippen LogP contribution is -2.35. The molecule has 4 rings (SSSR count). The third-order valence-corrected chi connectivity index (χ3v) is 8.09. The van der Waals surface area contributed by atoms with Crippen molar-refractivity contribution in [2.24, 2.45) is 0 Å². The topological polar surface area (TPSA) is 79.2 Å². The van der Waals surface area contributed by atoms with E-state index in [1.807, 2.05) is 13.8 Å². The number of fused-ring (bicyclic) bond motifs is 1. The molecular weight excluding hydrogens is 674 g/mol. The molecule has 1 amide bonds. The zero-order valence-electron chi connectivity index (χ0n) is 27.2. The number of pyridine rings is 1. The SMILES string of the molecule is CCOc1cc(OCC)cc(-n2cc(C(=O)N(CC)c3cc(F)cc(F)c3)c(=O)c3c(OC)cc(OCCCCCCCBr)cc32)c1. The second kappa shape index (κ2) is 17.2. The van der Waals surface area contributed by atoms with Crippen LogP contribution in [0.5, 0.6) is 23.0 Å². The Labute approximate surface area is 282 Å². The number of rotatable bonds is 17. The highest BCUT2D eigenvalue weighted by molar-refractivity contribution is 9.09. The second-order valence-corrected chi connectivity index (χ2v) is 11.6. The van der Waals surface area contributed by atoms with Crippen LogP contribution in [0.1, 0.15) is 63.2 Å². The van der Waals surface area contributed by atoms with Crippen molar-refractivity contribution in [2.45, 2.75) is 52.9 Å². The fourth-order valence-corrected chi connectivity index (χ4v) is 5.79. The van der Waals surface area contributed by atoms with E-state index in [0.717, 1.165) is 60.5 Å². The normalized spacial score (nSPS) is 11.0. The number of carbonyl (C=O) groups is 1. The maximum Gasteiger partial charge on any atom is 0.263 e. The number of carbonyl (C=O) groups excluding carboxylic acids is 1. The minimum Gasteiger partial charge on any atom is -0.496 e. The van der Waals surface area contributed by atoms with E-state index < -0.39 is 23.0 Å². The number of alkyl halides is 1. The van der Waals surface area contributed by atoms with Crippen molar-refractivity contribution in [2.75, 3.05) is 43.7 Å². The number of amides is 1. The van der Waals surface area contributed by atoms with E-state index in [9.17, 15) is 18.4 Å². The van der Waals surface area contributed by atoms with Crippen molar-refractivity contribution < 1.29 is 32.5 Å². The van der Waals surface area contributed by atoms with Crippen molar-refractivity contribution in [1.82, 2.24) is 4.57 Å². The summed E-state index contributed by atoms with van der Waals surface area (Å²) in [6.45, 7) is 6.72. The monoisotopic (exact) mass is 714 g/mol. The van der Waals surface area contributed by atoms with Crippen LogP contribution in [0, 0.1) is 11.6 Å². The molecule has 0 N–H and O–H groups in total. The molecule has 0 unspecified atom stereocenters. The Balaban J connectivity index is 1.90. The van der Waals surface area contributed by atoms with E-state index >= 15 is 0 Å². The van der Waals surface area contributed by atoms with Crippen LogP contribution in [-0.4, -0.2) is 49.3 Å². The van der Waals surface area contributed by atoms with Gasteiger partial charge in [0.1, 0.15) is 40.2 Å². The third kappa shape index (κ3) is 8.82. The van der Waals surface area contributed by atoms with E-state index in [4.69, 9.17) is 18.9 Å². The number of benzene rings is 3. The van der Waals surface area contributed by atoms with Crippen LogP contribution in [0.25, 0.3) is 16.6 Å². The highest BCUT2D eigenvalue weighted by Crippen LogP contribution is 2.34. The molecule has 8 nitrogen and oxygen atoms in total. The van der Waals surface area contributed by atoms with Crippen molar-refractivity contribution in [3.8, 4) is 28.7 Å². The first kappa shape index (κ1) is 35.7. The number of halogens is 3. The van der Waals surface area contributed by atoms with E-state index in [1.165, 1.54) is 13.3 Å². The molecule has 0 fully saturated rings. The van der Waals surface area contributed by atoms with Crippen molar-refractivity contribution in [1.29, 1.82) is 0 Å². The quantitative estimate of drug-likeness (QED) is 0.0807. The summed E-state index contributed by atoms with van der Waals surface area (Å²) in [7, 11) is 1.44. The average molecular weight is 716 g/mol. The molecule has 0 atom stereocenters. The Morgan fingerprint density at radius 2 is 1.43 bits per heavy atom. The third-order valence-electron chi connectivity index (χ3n) is 7.53. The maximum atomic E-state index is 14.2. The molecule has 0 bridgehead atoms. The predicted octanol–water partition coefficient (Wildman–Crippen LogP) is 8.47. The first-order valence-electron chi connectivity index (χ1n) is 15.9. The fraction of sp³-hybridized carbons (Fsp3) is 0.389. The lowest BCUT2D eigenvalue weighted by molar-refractivity contribution is 0.0987. The molecule has 0 aliphatic rings. The zero-order chi connectivity index (χ0) is 33.9. The van der Waals surface area contributed by atoms with Crippen LogP contribution in [0.4, 0.5) is 14.5 Å². The Morgan fingerprint density at radius 1 is 0.809 bits per heavy atom. The van der Waals surface area contributed by atoms with Gasteiger partial charge in [-0.1, -0.05) is 35.2 Å². The summed E-state index contributed by atoms with van der Waals surface area (Å²) in [6, 6.07) is 11.5. The van der Waals surface area contributed by atoms with Gasteiger partial charge in [0.2, 0.25) is 5.43 Å². The summed E-state index contributed by atoms with van der Waals surface area (Å²) >= 11 is 3.46. The minimum atomic E-state index is -0.841. The molecule has 1 heterocycles. The second-order valence-electron chi connectivity index (χ2n) is 10.8. The Kier molecular flexibility index (Phi) is 13.0. The van der Waals surface area contributed by atoms with Gasteiger partial charge in [0.15, 0.2) is 0 Å². The molecule has 0 aliphatic heterocycles. The van der Waals surface area contributed by atoms with Gasteiger partial charge in [-0.25, -0.2) is 8.78 Å². The highest BCUT2D eigenvalue weighted by Gasteiger charge is 2.25. The summed E-state index contributed by atoms with van der Waals surface area (Å²) in [5.74, 6) is -0.646. The smallest absolute Gasteiger partial charge is 0.263 e. The van der Waals surface area contributed by atoms with Gasteiger partial charge < -0.3 is 28.4 Å². The molecular formula is C36H41BrF2N2O6. The lowest BCUT2D eigenvalue weighted by atomic mass is 10.1. The Morgan fingerprint density at radius 3 is 2.02 bits per heavy atom. The summed E-state index contributed by atoms with van der Waals surface area (Å²) < 4.78 is 53.5. The number of methoxy groups -OCH3 is 1. The van der Waals surface area contributed by atoms with Crippen molar-refractivity contribution in [3.63, 3.8) is 0 Å². The standard InChI is InChI=1S/C36H41BrF2N2O6/c1-5-40(26-16-24(38)15-25(39)17-26)36(43)31-23-41(27-18-28(45-6-2)20-29(19-27)46-7-3)32-21-30(22-33(44-4)34(32)35(31)42)47-14-12-10-8-9-11-13-37/h15-23H,5-14H2,1-4H3. The summed E-state index contributed by atoms with van der Waals surface area (Å²) in [4.78, 5) is 29.4. The molecule has 0 radical (unpaired) electrons. The molecule has 3 aromatic carbocycles. The van der Waals surface area contributed by atoms with E-state index in [0.29, 0.717) is 48.3 Å². The van der Waals surface area contributed by atoms with Gasteiger partial charge >= 0.3 is 0 Å². The minimum absolute atomic E-state index is 0.0130. The molecule has 11 heteroatoms. The van der Waals surface area contributed by atoms with Gasteiger partial charge in [-0.2, -0.15) is 0 Å². The average Bonchev–Trinajstić information content (AvgIpc) is 3.04. The van der Waals surface area contributed by atoms with E-state index in [2.05, 4.69) is 15.9 Å². The number of anilines is 1. The number of hydrogen-bond acceptors (Lipinski definition) is 6.